The second kappa shape index (κ2) is 12.5. The van der Waals surface area contributed by atoms with Crippen LogP contribution in [0.3, 0.4) is 0 Å². The van der Waals surface area contributed by atoms with Gasteiger partial charge in [-0.05, 0) is 46.6 Å². The number of pyridine rings is 1. The predicted molar refractivity (Wildman–Crippen MR) is 145 cm³/mol. The highest BCUT2D eigenvalue weighted by atomic mass is 19.1. The van der Waals surface area contributed by atoms with Crippen molar-refractivity contribution >= 4 is 47.9 Å². The van der Waals surface area contributed by atoms with Crippen molar-refractivity contribution < 1.29 is 47.0 Å². The number of anilines is 1. The van der Waals surface area contributed by atoms with Crippen molar-refractivity contribution in [2.75, 3.05) is 19.0 Å². The summed E-state index contributed by atoms with van der Waals surface area (Å²) >= 11 is 0. The normalized spacial score (nSPS) is 13.6. The van der Waals surface area contributed by atoms with Crippen LogP contribution in [0.1, 0.15) is 70.8 Å². The van der Waals surface area contributed by atoms with Gasteiger partial charge in [-0.1, -0.05) is 0 Å². The van der Waals surface area contributed by atoms with Crippen LogP contribution in [0.15, 0.2) is 17.1 Å². The van der Waals surface area contributed by atoms with Crippen molar-refractivity contribution in [3.63, 3.8) is 0 Å². The number of benzene rings is 1. The number of alkyl carbamates (subject to hydrolysis) is 1. The number of ether oxygens (including phenoxy) is 2. The smallest absolute Gasteiger partial charge is 0.492 e. The van der Waals surface area contributed by atoms with Gasteiger partial charge in [-0.2, -0.15) is 0 Å². The van der Waals surface area contributed by atoms with Gasteiger partial charge in [-0.15, -0.1) is 0 Å². The molecule has 0 bridgehead atoms. The molecule has 1 aliphatic rings. The summed E-state index contributed by atoms with van der Waals surface area (Å²) in [6.07, 6.45) is 2.05. The number of nitrogens with zero attached hydrogens (tertiary/aromatic N) is 1. The Kier molecular flexibility index (Phi) is 9.51. The van der Waals surface area contributed by atoms with Crippen molar-refractivity contribution in [3.8, 4) is 5.75 Å². The van der Waals surface area contributed by atoms with E-state index in [0.717, 1.165) is 32.8 Å². The first-order valence-corrected chi connectivity index (χ1v) is 12.9. The molecule has 0 radical (unpaired) electrons. The monoisotopic (exact) mass is 577 g/mol. The molecule has 1 fully saturated rings. The molecule has 15 heteroatoms. The highest BCUT2D eigenvalue weighted by molar-refractivity contribution is 6.44. The van der Waals surface area contributed by atoms with E-state index in [9.17, 15) is 24.0 Å². The Bertz CT molecular complexity index is 1400. The maximum absolute atomic E-state index is 15.5. The number of rotatable bonds is 10. The van der Waals surface area contributed by atoms with E-state index in [0.29, 0.717) is 0 Å². The van der Waals surface area contributed by atoms with E-state index >= 15 is 4.39 Å². The lowest BCUT2D eigenvalue weighted by Crippen LogP contribution is -2.38. The molecule has 41 heavy (non-hydrogen) atoms. The van der Waals surface area contributed by atoms with Crippen molar-refractivity contribution in [2.45, 2.75) is 72.1 Å². The first-order chi connectivity index (χ1) is 19.1. The fourth-order valence-electron chi connectivity index (χ4n) is 3.91. The zero-order valence-corrected chi connectivity index (χ0v) is 23.9. The third-order valence-electron chi connectivity index (χ3n) is 5.66. The molecule has 1 aromatic heterocycles. The van der Waals surface area contributed by atoms with Crippen LogP contribution in [0.5, 0.6) is 5.75 Å². The van der Waals surface area contributed by atoms with Crippen LogP contribution < -0.4 is 20.8 Å². The summed E-state index contributed by atoms with van der Waals surface area (Å²) < 4.78 is 42.2. The van der Waals surface area contributed by atoms with Crippen LogP contribution in [0.4, 0.5) is 14.9 Å². The van der Waals surface area contributed by atoms with E-state index in [-0.39, 0.29) is 34.9 Å². The van der Waals surface area contributed by atoms with Crippen molar-refractivity contribution in [1.82, 2.24) is 9.88 Å². The molecule has 0 aliphatic heterocycles. The van der Waals surface area contributed by atoms with E-state index in [2.05, 4.69) is 19.9 Å². The number of amides is 1. The van der Waals surface area contributed by atoms with E-state index in [1.165, 1.54) is 13.3 Å². The Hall–Kier alpha value is -4.30. The number of hydrogen-bond acceptors (Lipinski definition) is 11. The van der Waals surface area contributed by atoms with Gasteiger partial charge in [0.2, 0.25) is 5.43 Å². The quantitative estimate of drug-likeness (QED) is 0.400. The number of methoxy groups -OCH3 is 1. The maximum Gasteiger partial charge on any atom is 0.870 e. The number of halogens is 1. The topological polar surface area (TPSA) is 160 Å². The average molecular weight is 577 g/mol. The largest absolute Gasteiger partial charge is 0.870 e. The summed E-state index contributed by atoms with van der Waals surface area (Å²) in [5, 5.41) is 5.41. The zero-order valence-electron chi connectivity index (χ0n) is 23.9. The minimum Gasteiger partial charge on any atom is -0.492 e. The third-order valence-corrected chi connectivity index (χ3v) is 5.66. The number of hydrogen-bond donors (Lipinski definition) is 2. The summed E-state index contributed by atoms with van der Waals surface area (Å²) in [5.74, 6) is -3.88. The highest BCUT2D eigenvalue weighted by Gasteiger charge is 2.37. The summed E-state index contributed by atoms with van der Waals surface area (Å²) in [6.45, 7) is 8.99. The van der Waals surface area contributed by atoms with Gasteiger partial charge in [0, 0.05) is 38.7 Å². The summed E-state index contributed by atoms with van der Waals surface area (Å²) in [4.78, 5) is 61.0. The molecule has 3 rings (SSSR count). The molecule has 13 nitrogen and oxygen atoms in total. The van der Waals surface area contributed by atoms with E-state index in [4.69, 9.17) is 14.1 Å². The lowest BCUT2D eigenvalue weighted by molar-refractivity contribution is -0.139. The number of aromatic nitrogens is 1. The van der Waals surface area contributed by atoms with Gasteiger partial charge in [-0.25, -0.2) is 14.0 Å². The van der Waals surface area contributed by atoms with Gasteiger partial charge in [0.05, 0.1) is 18.0 Å². The fraction of sp³-hybridized carbons (Fsp3) is 0.500. The van der Waals surface area contributed by atoms with Crippen molar-refractivity contribution in [2.24, 2.45) is 0 Å². The molecular formula is C26H33BFN3O10. The minimum atomic E-state index is -2.02. The minimum absolute atomic E-state index is 0.0192. The highest BCUT2D eigenvalue weighted by Crippen LogP contribution is 2.42. The molecule has 1 unspecified atom stereocenters. The van der Waals surface area contributed by atoms with Crippen LogP contribution in [0.25, 0.3) is 10.9 Å². The van der Waals surface area contributed by atoms with Gasteiger partial charge in [0.1, 0.15) is 16.9 Å². The Morgan fingerprint density at radius 3 is 2.24 bits per heavy atom. The van der Waals surface area contributed by atoms with Crippen LogP contribution >= 0.6 is 0 Å². The van der Waals surface area contributed by atoms with E-state index in [1.807, 2.05) is 0 Å². The Morgan fingerprint density at radius 1 is 1.12 bits per heavy atom. The van der Waals surface area contributed by atoms with Crippen LogP contribution in [0.2, 0.25) is 0 Å². The van der Waals surface area contributed by atoms with Gasteiger partial charge >= 0.3 is 19.4 Å². The Labute approximate surface area is 235 Å². The molecule has 2 aromatic rings. The van der Waals surface area contributed by atoms with Crippen molar-refractivity contribution in [1.29, 1.82) is 0 Å². The number of nitrogens with one attached hydrogen (secondary N) is 2. The SMILES string of the molecule is COc1c(NC(C)CNC(=O)OC(C)(C)C)c(F)cc2c(=O)c(C(=O)OB(OC(C)=O)OC(C)=O)cn(C3CC3)c12. The molecular weight excluding hydrogens is 544 g/mol. The predicted octanol–water partition coefficient (Wildman–Crippen LogP) is 3.08. The summed E-state index contributed by atoms with van der Waals surface area (Å²) in [5.41, 5.74) is -1.87. The standard InChI is InChI=1S/C26H33BFN3O10/c1-13(11-29-25(36)38-26(4,5)6)30-20-19(28)10-17-21(23(20)37-7)31(16-8-9-16)12-18(22(17)34)24(35)41-27(39-14(2)32)40-15(3)33/h10,12-13,16,30H,8-9,11H2,1-7H3,(H,29,36). The van der Waals surface area contributed by atoms with Gasteiger partial charge < -0.3 is 38.6 Å². The molecule has 222 valence electrons. The maximum atomic E-state index is 15.5. The van der Waals surface area contributed by atoms with Crippen LogP contribution in [-0.2, 0) is 28.3 Å². The molecule has 0 saturated heterocycles. The molecule has 1 amide bonds. The molecule has 2 N–H and O–H groups in total. The first kappa shape index (κ1) is 31.2. The Morgan fingerprint density at radius 2 is 1.73 bits per heavy atom. The van der Waals surface area contributed by atoms with Gasteiger partial charge in [0.25, 0.3) is 11.9 Å². The third kappa shape index (κ3) is 8.11. The Balaban J connectivity index is 1.99. The first-order valence-electron chi connectivity index (χ1n) is 12.9. The number of fused-ring (bicyclic) bond motifs is 1. The van der Waals surface area contributed by atoms with Gasteiger partial charge in [-0.3, -0.25) is 14.4 Å². The fourth-order valence-corrected chi connectivity index (χ4v) is 3.91. The molecule has 1 heterocycles. The molecule has 1 aromatic carbocycles. The second-order valence-electron chi connectivity index (χ2n) is 10.5. The van der Waals surface area contributed by atoms with E-state index in [1.54, 1.807) is 32.3 Å². The lowest BCUT2D eigenvalue weighted by atomic mass is 10.1. The summed E-state index contributed by atoms with van der Waals surface area (Å²) in [7, 11) is -0.703. The number of carbonyl (C=O) groups excluding carboxylic acids is 4. The van der Waals surface area contributed by atoms with E-state index < -0.39 is 59.8 Å². The summed E-state index contributed by atoms with van der Waals surface area (Å²) in [6, 6.07) is 0.362. The van der Waals surface area contributed by atoms with Crippen molar-refractivity contribution in [3.05, 3.63) is 33.9 Å². The molecule has 1 aliphatic carbocycles. The number of carbonyl (C=O) groups is 4. The average Bonchev–Trinajstić information content (AvgIpc) is 3.67. The molecule has 1 saturated carbocycles. The second-order valence-corrected chi connectivity index (χ2v) is 10.5. The zero-order chi connectivity index (χ0) is 30.6. The lowest BCUT2D eigenvalue weighted by Gasteiger charge is -2.23. The van der Waals surface area contributed by atoms with Crippen LogP contribution in [0, 0.1) is 5.82 Å². The van der Waals surface area contributed by atoms with Gasteiger partial charge in [0.15, 0.2) is 11.6 Å². The molecule has 0 spiro atoms. The van der Waals surface area contributed by atoms with Crippen LogP contribution in [-0.4, -0.2) is 61.2 Å². The molecule has 1 atom stereocenters.